The van der Waals surface area contributed by atoms with Crippen LogP contribution >= 0.6 is 11.3 Å². The minimum atomic E-state index is 0.458. The maximum absolute atomic E-state index is 6.20. The summed E-state index contributed by atoms with van der Waals surface area (Å²) in [6, 6.07) is 5.71. The molecular weight excluding hydrogens is 228 g/mol. The molecule has 3 rings (SSSR count). The van der Waals surface area contributed by atoms with Crippen molar-refractivity contribution in [1.82, 2.24) is 4.90 Å². The van der Waals surface area contributed by atoms with Gasteiger partial charge in [0.1, 0.15) is 0 Å². The van der Waals surface area contributed by atoms with E-state index < -0.39 is 0 Å². The Kier molecular flexibility index (Phi) is 3.50. The monoisotopic (exact) mass is 250 g/mol. The average molecular weight is 250 g/mol. The van der Waals surface area contributed by atoms with Crippen LogP contribution in [0.25, 0.3) is 0 Å². The number of nitrogens with two attached hydrogens (primary N) is 1. The van der Waals surface area contributed by atoms with Gasteiger partial charge in [0, 0.05) is 30.1 Å². The zero-order valence-electron chi connectivity index (χ0n) is 10.3. The van der Waals surface area contributed by atoms with E-state index in [0.29, 0.717) is 6.04 Å². The van der Waals surface area contributed by atoms with E-state index in [1.165, 1.54) is 43.5 Å². The Hall–Kier alpha value is -0.380. The van der Waals surface area contributed by atoms with E-state index in [-0.39, 0.29) is 0 Å². The summed E-state index contributed by atoms with van der Waals surface area (Å²) in [6.45, 7) is 2.33. The normalized spacial score (nSPS) is 22.0. The molecule has 0 bridgehead atoms. The molecule has 2 nitrogen and oxygen atoms in total. The van der Waals surface area contributed by atoms with Crippen LogP contribution in [0, 0.1) is 5.92 Å². The summed E-state index contributed by atoms with van der Waals surface area (Å²) >= 11 is 1.88. The van der Waals surface area contributed by atoms with E-state index in [0.717, 1.165) is 18.5 Å². The second-order valence-electron chi connectivity index (χ2n) is 5.57. The molecule has 94 valence electrons. The van der Waals surface area contributed by atoms with Crippen LogP contribution in [0.15, 0.2) is 17.5 Å². The molecule has 0 aromatic carbocycles. The zero-order valence-corrected chi connectivity index (χ0v) is 11.2. The first-order valence-corrected chi connectivity index (χ1v) is 7.73. The Bertz CT molecular complexity index is 341. The summed E-state index contributed by atoms with van der Waals surface area (Å²) < 4.78 is 0. The molecule has 1 unspecified atom stereocenters. The topological polar surface area (TPSA) is 29.3 Å². The van der Waals surface area contributed by atoms with E-state index in [1.807, 2.05) is 11.3 Å². The maximum atomic E-state index is 6.20. The van der Waals surface area contributed by atoms with Crippen LogP contribution in [0.4, 0.5) is 0 Å². The number of hydrogen-bond donors (Lipinski definition) is 1. The summed E-state index contributed by atoms with van der Waals surface area (Å²) in [7, 11) is 0. The highest BCUT2D eigenvalue weighted by Crippen LogP contribution is 2.34. The standard InChI is InChI=1S/C14H22N2S/c15-14(11-3-4-11)7-8-16(12-5-6-12)10-13-2-1-9-17-13/h1-2,9,11-12,14H,3-8,10,15H2. The first kappa shape index (κ1) is 11.7. The minimum Gasteiger partial charge on any atom is -0.327 e. The summed E-state index contributed by atoms with van der Waals surface area (Å²) in [4.78, 5) is 4.14. The number of rotatable bonds is 7. The van der Waals surface area contributed by atoms with Crippen LogP contribution in [0.3, 0.4) is 0 Å². The fraction of sp³-hybridized carbons (Fsp3) is 0.714. The SMILES string of the molecule is NC(CCN(Cc1cccs1)C1CC1)C1CC1. The van der Waals surface area contributed by atoms with Crippen molar-refractivity contribution in [2.24, 2.45) is 11.7 Å². The largest absolute Gasteiger partial charge is 0.327 e. The first-order chi connectivity index (χ1) is 8.33. The van der Waals surface area contributed by atoms with Crippen molar-refractivity contribution in [3.05, 3.63) is 22.4 Å². The summed E-state index contributed by atoms with van der Waals surface area (Å²) in [5.41, 5.74) is 6.20. The fourth-order valence-corrected chi connectivity index (χ4v) is 3.24. The van der Waals surface area contributed by atoms with Gasteiger partial charge in [-0.25, -0.2) is 0 Å². The molecule has 1 atom stereocenters. The Morgan fingerprint density at radius 2 is 2.18 bits per heavy atom. The van der Waals surface area contributed by atoms with Gasteiger partial charge >= 0.3 is 0 Å². The lowest BCUT2D eigenvalue weighted by molar-refractivity contribution is 0.243. The second-order valence-corrected chi connectivity index (χ2v) is 6.60. The van der Waals surface area contributed by atoms with Crippen molar-refractivity contribution in [3.63, 3.8) is 0 Å². The van der Waals surface area contributed by atoms with E-state index in [2.05, 4.69) is 22.4 Å². The van der Waals surface area contributed by atoms with Crippen LogP contribution in [0.2, 0.25) is 0 Å². The molecule has 1 aromatic heterocycles. The minimum absolute atomic E-state index is 0.458. The quantitative estimate of drug-likeness (QED) is 0.806. The third-order valence-corrected chi connectivity index (χ3v) is 4.84. The van der Waals surface area contributed by atoms with Gasteiger partial charge in [-0.1, -0.05) is 6.07 Å². The summed E-state index contributed by atoms with van der Waals surface area (Å²) in [5.74, 6) is 0.845. The van der Waals surface area contributed by atoms with Gasteiger partial charge in [-0.05, 0) is 49.5 Å². The molecule has 3 heteroatoms. The smallest absolute Gasteiger partial charge is 0.0330 e. The lowest BCUT2D eigenvalue weighted by atomic mass is 10.1. The van der Waals surface area contributed by atoms with Crippen molar-refractivity contribution in [2.75, 3.05) is 6.54 Å². The highest BCUT2D eigenvalue weighted by Gasteiger charge is 2.32. The highest BCUT2D eigenvalue weighted by molar-refractivity contribution is 7.09. The van der Waals surface area contributed by atoms with Crippen molar-refractivity contribution < 1.29 is 0 Å². The van der Waals surface area contributed by atoms with Crippen molar-refractivity contribution >= 4 is 11.3 Å². The van der Waals surface area contributed by atoms with Gasteiger partial charge < -0.3 is 5.73 Å². The lowest BCUT2D eigenvalue weighted by Gasteiger charge is -2.23. The van der Waals surface area contributed by atoms with Crippen LogP contribution in [0.5, 0.6) is 0 Å². The van der Waals surface area contributed by atoms with Crippen LogP contribution in [-0.4, -0.2) is 23.5 Å². The predicted molar refractivity (Wildman–Crippen MR) is 73.1 cm³/mol. The zero-order chi connectivity index (χ0) is 11.7. The van der Waals surface area contributed by atoms with Crippen molar-refractivity contribution in [3.8, 4) is 0 Å². The van der Waals surface area contributed by atoms with Gasteiger partial charge in [0.2, 0.25) is 0 Å². The molecular formula is C14H22N2S. The number of hydrogen-bond acceptors (Lipinski definition) is 3. The van der Waals surface area contributed by atoms with Gasteiger partial charge in [0.25, 0.3) is 0 Å². The highest BCUT2D eigenvalue weighted by atomic mass is 32.1. The molecule has 2 fully saturated rings. The van der Waals surface area contributed by atoms with Gasteiger partial charge in [0.05, 0.1) is 0 Å². The average Bonchev–Trinajstić information content (AvgIpc) is 3.23. The lowest BCUT2D eigenvalue weighted by Crippen LogP contribution is -2.32. The first-order valence-electron chi connectivity index (χ1n) is 6.85. The Balaban J connectivity index is 1.49. The predicted octanol–water partition coefficient (Wildman–Crippen LogP) is 2.84. The Morgan fingerprint density at radius 1 is 1.35 bits per heavy atom. The molecule has 1 aromatic rings. The van der Waals surface area contributed by atoms with Gasteiger partial charge in [-0.2, -0.15) is 0 Å². The summed E-state index contributed by atoms with van der Waals surface area (Å²) in [6.07, 6.45) is 6.71. The van der Waals surface area contributed by atoms with E-state index in [4.69, 9.17) is 5.73 Å². The molecule has 0 aliphatic heterocycles. The number of thiophene rings is 1. The van der Waals surface area contributed by atoms with Crippen LogP contribution in [0.1, 0.15) is 37.0 Å². The molecule has 0 saturated heterocycles. The molecule has 0 spiro atoms. The summed E-state index contributed by atoms with van der Waals surface area (Å²) in [5, 5.41) is 2.18. The molecule has 0 radical (unpaired) electrons. The Labute approximate surface area is 108 Å². The molecule has 2 saturated carbocycles. The number of nitrogens with zero attached hydrogens (tertiary/aromatic N) is 1. The van der Waals surface area contributed by atoms with Crippen LogP contribution < -0.4 is 5.73 Å². The molecule has 2 N–H and O–H groups in total. The van der Waals surface area contributed by atoms with E-state index in [1.54, 1.807) is 0 Å². The molecule has 1 heterocycles. The van der Waals surface area contributed by atoms with E-state index in [9.17, 15) is 0 Å². The third kappa shape index (κ3) is 3.30. The molecule has 2 aliphatic rings. The van der Waals surface area contributed by atoms with Crippen LogP contribution in [-0.2, 0) is 6.54 Å². The fourth-order valence-electron chi connectivity index (χ4n) is 2.51. The van der Waals surface area contributed by atoms with E-state index >= 15 is 0 Å². The van der Waals surface area contributed by atoms with Crippen molar-refractivity contribution in [1.29, 1.82) is 0 Å². The maximum Gasteiger partial charge on any atom is 0.0330 e. The third-order valence-electron chi connectivity index (χ3n) is 3.98. The Morgan fingerprint density at radius 3 is 2.76 bits per heavy atom. The molecule has 17 heavy (non-hydrogen) atoms. The van der Waals surface area contributed by atoms with Gasteiger partial charge in [-0.3, -0.25) is 4.90 Å². The van der Waals surface area contributed by atoms with Gasteiger partial charge in [-0.15, -0.1) is 11.3 Å². The second kappa shape index (κ2) is 5.09. The molecule has 0 amide bonds. The van der Waals surface area contributed by atoms with Gasteiger partial charge in [0.15, 0.2) is 0 Å². The molecule has 2 aliphatic carbocycles. The van der Waals surface area contributed by atoms with Crippen molar-refractivity contribution in [2.45, 2.75) is 50.7 Å².